The van der Waals surface area contributed by atoms with E-state index >= 15 is 0 Å². The van der Waals surface area contributed by atoms with Crippen molar-refractivity contribution in [2.24, 2.45) is 0 Å². The average molecular weight is 479 g/mol. The van der Waals surface area contributed by atoms with Gasteiger partial charge in [-0.05, 0) is 60.4 Å². The summed E-state index contributed by atoms with van der Waals surface area (Å²) in [5.41, 5.74) is 2.34. The second-order valence-electron chi connectivity index (χ2n) is 6.43. The van der Waals surface area contributed by atoms with E-state index in [4.69, 9.17) is 12.2 Å². The first kappa shape index (κ1) is 22.1. The quantitative estimate of drug-likeness (QED) is 0.227. The number of hydrogen-bond donors (Lipinski definition) is 2. The normalized spacial score (nSPS) is 10.5. The highest BCUT2D eigenvalue weighted by Crippen LogP contribution is 2.29. The van der Waals surface area contributed by atoms with Gasteiger partial charge in [0, 0.05) is 37.4 Å². The molecule has 0 radical (unpaired) electrons. The number of aromatic nitrogens is 6. The lowest BCUT2D eigenvalue weighted by Gasteiger charge is -2.11. The summed E-state index contributed by atoms with van der Waals surface area (Å²) in [7, 11) is 0. The van der Waals surface area contributed by atoms with Crippen LogP contribution < -0.4 is 10.6 Å². The largest absolute Gasteiger partial charge is 0.358 e. The van der Waals surface area contributed by atoms with Crippen LogP contribution in [0.3, 0.4) is 0 Å². The van der Waals surface area contributed by atoms with Crippen LogP contribution in [0.1, 0.15) is 11.1 Å². The van der Waals surface area contributed by atoms with Gasteiger partial charge in [0.2, 0.25) is 5.95 Å². The smallest absolute Gasteiger partial charge is 0.231 e. The summed E-state index contributed by atoms with van der Waals surface area (Å²) >= 11 is 8.11. The molecule has 0 atom stereocenters. The average Bonchev–Trinajstić information content (AvgIpc) is 2.80. The van der Waals surface area contributed by atoms with Crippen molar-refractivity contribution in [1.29, 1.82) is 0 Å². The van der Waals surface area contributed by atoms with Gasteiger partial charge in [-0.1, -0.05) is 29.8 Å². The number of anilines is 1. The summed E-state index contributed by atoms with van der Waals surface area (Å²) < 4.78 is 0. The monoisotopic (exact) mass is 478 g/mol. The molecule has 0 amide bonds. The van der Waals surface area contributed by atoms with Crippen LogP contribution in [-0.2, 0) is 6.54 Å². The van der Waals surface area contributed by atoms with Gasteiger partial charge in [-0.15, -0.1) is 0 Å². The molecule has 0 unspecified atom stereocenters. The van der Waals surface area contributed by atoms with E-state index in [0.29, 0.717) is 38.0 Å². The number of benzene rings is 1. The van der Waals surface area contributed by atoms with Gasteiger partial charge in [0.15, 0.2) is 15.4 Å². The zero-order chi connectivity index (χ0) is 22.2. The Labute approximate surface area is 199 Å². The van der Waals surface area contributed by atoms with Crippen molar-refractivity contribution in [1.82, 2.24) is 35.2 Å². The summed E-state index contributed by atoms with van der Waals surface area (Å²) in [4.78, 5) is 26.1. The van der Waals surface area contributed by atoms with Crippen LogP contribution >= 0.6 is 35.7 Å². The fourth-order valence-corrected chi connectivity index (χ4v) is 4.13. The van der Waals surface area contributed by atoms with E-state index in [2.05, 4.69) is 71.7 Å². The fourth-order valence-electron chi connectivity index (χ4n) is 2.46. The molecule has 160 valence electrons. The molecule has 0 bridgehead atoms. The molecule has 3 aromatic heterocycles. The Hall–Kier alpha value is -3.15. The van der Waals surface area contributed by atoms with E-state index in [9.17, 15) is 0 Å². The van der Waals surface area contributed by atoms with Gasteiger partial charge >= 0.3 is 0 Å². The minimum atomic E-state index is 0.366. The number of aryl methyl sites for hydroxylation is 1. The highest BCUT2D eigenvalue weighted by Gasteiger charge is 2.11. The predicted octanol–water partition coefficient (Wildman–Crippen LogP) is 4.15. The van der Waals surface area contributed by atoms with E-state index in [1.54, 1.807) is 36.9 Å². The van der Waals surface area contributed by atoms with Crippen LogP contribution in [0.25, 0.3) is 0 Å². The number of rotatable bonds is 7. The zero-order valence-corrected chi connectivity index (χ0v) is 19.4. The number of nitrogens with zero attached hydrogens (tertiary/aromatic N) is 6. The molecule has 0 fully saturated rings. The first-order valence-electron chi connectivity index (χ1n) is 9.53. The Morgan fingerprint density at radius 2 is 1.38 bits per heavy atom. The SMILES string of the molecule is Cc1ccc(CNC(=S)Nc2nc(Sc3ncccn3)cc(Sc3ncccn3)n2)cc1. The molecule has 3 heterocycles. The summed E-state index contributed by atoms with van der Waals surface area (Å²) in [6.45, 7) is 2.65. The van der Waals surface area contributed by atoms with Crippen molar-refractivity contribution in [3.8, 4) is 0 Å². The molecular formula is C21H18N8S3. The van der Waals surface area contributed by atoms with Crippen LogP contribution in [0.2, 0.25) is 0 Å². The van der Waals surface area contributed by atoms with E-state index in [-0.39, 0.29) is 0 Å². The molecule has 0 spiro atoms. The minimum absolute atomic E-state index is 0.366. The maximum Gasteiger partial charge on any atom is 0.231 e. The Kier molecular flexibility index (Phi) is 7.54. The van der Waals surface area contributed by atoms with Crippen molar-refractivity contribution in [2.75, 3.05) is 5.32 Å². The van der Waals surface area contributed by atoms with Crippen molar-refractivity contribution < 1.29 is 0 Å². The number of thiocarbonyl (C=S) groups is 1. The Bertz CT molecular complexity index is 1120. The van der Waals surface area contributed by atoms with Crippen LogP contribution in [0.15, 0.2) is 87.6 Å². The van der Waals surface area contributed by atoms with Gasteiger partial charge in [0.05, 0.1) is 0 Å². The third kappa shape index (κ3) is 6.67. The molecule has 0 saturated carbocycles. The first-order valence-corrected chi connectivity index (χ1v) is 11.6. The molecular weight excluding hydrogens is 460 g/mol. The molecule has 1 aromatic carbocycles. The Morgan fingerprint density at radius 1 is 0.844 bits per heavy atom. The topological polar surface area (TPSA) is 101 Å². The maximum atomic E-state index is 5.44. The summed E-state index contributed by atoms with van der Waals surface area (Å²) in [6, 6.07) is 13.6. The summed E-state index contributed by atoms with van der Waals surface area (Å²) in [5.74, 6) is 0.366. The van der Waals surface area contributed by atoms with E-state index < -0.39 is 0 Å². The van der Waals surface area contributed by atoms with Crippen molar-refractivity contribution in [3.63, 3.8) is 0 Å². The summed E-state index contributed by atoms with van der Waals surface area (Å²) in [5, 5.41) is 9.20. The molecule has 11 heteroatoms. The van der Waals surface area contributed by atoms with Gasteiger partial charge < -0.3 is 10.6 Å². The third-order valence-electron chi connectivity index (χ3n) is 3.95. The van der Waals surface area contributed by atoms with Crippen LogP contribution in [0.4, 0.5) is 5.95 Å². The highest BCUT2D eigenvalue weighted by molar-refractivity contribution is 7.99. The van der Waals surface area contributed by atoms with Gasteiger partial charge in [-0.2, -0.15) is 0 Å². The van der Waals surface area contributed by atoms with E-state index in [1.165, 1.54) is 29.1 Å². The summed E-state index contributed by atoms with van der Waals surface area (Å²) in [6.07, 6.45) is 6.75. The van der Waals surface area contributed by atoms with E-state index in [0.717, 1.165) is 5.56 Å². The molecule has 2 N–H and O–H groups in total. The van der Waals surface area contributed by atoms with Gasteiger partial charge in [0.1, 0.15) is 10.1 Å². The lowest BCUT2D eigenvalue weighted by atomic mass is 10.1. The van der Waals surface area contributed by atoms with Gasteiger partial charge in [-0.25, -0.2) is 29.9 Å². The number of nitrogens with one attached hydrogen (secondary N) is 2. The second kappa shape index (κ2) is 10.9. The van der Waals surface area contributed by atoms with Gasteiger partial charge in [-0.3, -0.25) is 0 Å². The molecule has 4 rings (SSSR count). The van der Waals surface area contributed by atoms with E-state index in [1.807, 2.05) is 6.07 Å². The standard InChI is InChI=1S/C21H18N8S3/c1-14-4-6-15(7-5-14)13-26-19(30)29-18-27-16(31-20-22-8-2-9-23-20)12-17(28-18)32-21-24-10-3-11-25-21/h2-12H,13H2,1H3,(H2,26,27,28,29,30). The molecule has 0 aliphatic rings. The second-order valence-corrected chi connectivity index (χ2v) is 8.81. The maximum absolute atomic E-state index is 5.44. The lowest BCUT2D eigenvalue weighted by molar-refractivity contribution is 0.909. The van der Waals surface area contributed by atoms with Crippen LogP contribution in [-0.4, -0.2) is 35.0 Å². The van der Waals surface area contributed by atoms with Gasteiger partial charge in [0.25, 0.3) is 0 Å². The molecule has 0 aliphatic carbocycles. The molecule has 4 aromatic rings. The molecule has 8 nitrogen and oxygen atoms in total. The lowest BCUT2D eigenvalue weighted by Crippen LogP contribution is -2.28. The first-order chi connectivity index (χ1) is 15.6. The third-order valence-corrected chi connectivity index (χ3v) is 5.82. The Balaban J connectivity index is 1.49. The molecule has 0 saturated heterocycles. The Morgan fingerprint density at radius 3 is 1.91 bits per heavy atom. The fraction of sp³-hybridized carbons (Fsp3) is 0.0952. The van der Waals surface area contributed by atoms with Crippen molar-refractivity contribution in [2.45, 2.75) is 33.8 Å². The molecule has 0 aliphatic heterocycles. The van der Waals surface area contributed by atoms with Crippen molar-refractivity contribution in [3.05, 3.63) is 78.4 Å². The van der Waals surface area contributed by atoms with Crippen molar-refractivity contribution >= 4 is 46.8 Å². The zero-order valence-electron chi connectivity index (χ0n) is 17.0. The predicted molar refractivity (Wildman–Crippen MR) is 129 cm³/mol. The van der Waals surface area contributed by atoms with Crippen LogP contribution in [0.5, 0.6) is 0 Å². The number of hydrogen-bond acceptors (Lipinski definition) is 9. The highest BCUT2D eigenvalue weighted by atomic mass is 32.2. The molecule has 32 heavy (non-hydrogen) atoms. The van der Waals surface area contributed by atoms with Crippen LogP contribution in [0, 0.1) is 6.92 Å². The minimum Gasteiger partial charge on any atom is -0.358 e.